The highest BCUT2D eigenvalue weighted by molar-refractivity contribution is 7.89. The maximum atomic E-state index is 12.3. The Balaban J connectivity index is 1.83. The minimum Gasteiger partial charge on any atom is -0.375 e. The van der Waals surface area contributed by atoms with E-state index in [1.807, 2.05) is 0 Å². The number of hydrogen-bond acceptors (Lipinski definition) is 6. The van der Waals surface area contributed by atoms with Gasteiger partial charge in [-0.15, -0.1) is 0 Å². The van der Waals surface area contributed by atoms with Crippen LogP contribution in [0.4, 0.5) is 5.69 Å². The molecule has 0 fully saturated rings. The molecular formula is C21H25N3O6S. The van der Waals surface area contributed by atoms with Gasteiger partial charge in [0.25, 0.3) is 0 Å². The van der Waals surface area contributed by atoms with Crippen molar-refractivity contribution < 1.29 is 27.5 Å². The van der Waals surface area contributed by atoms with Gasteiger partial charge in [-0.1, -0.05) is 24.3 Å². The van der Waals surface area contributed by atoms with Gasteiger partial charge in [0, 0.05) is 37.9 Å². The summed E-state index contributed by atoms with van der Waals surface area (Å²) in [6, 6.07) is 12.7. The molecule has 2 aromatic rings. The highest BCUT2D eigenvalue weighted by atomic mass is 32.2. The van der Waals surface area contributed by atoms with E-state index < -0.39 is 10.0 Å². The molecule has 2 amide bonds. The van der Waals surface area contributed by atoms with Gasteiger partial charge in [-0.3, -0.25) is 14.4 Å². The third-order valence-corrected chi connectivity index (χ3v) is 5.63. The molecule has 2 aromatic carbocycles. The fourth-order valence-corrected chi connectivity index (χ4v) is 3.72. The van der Waals surface area contributed by atoms with Crippen LogP contribution in [0.5, 0.6) is 0 Å². The fourth-order valence-electron chi connectivity index (χ4n) is 2.64. The number of amides is 2. The molecule has 0 bridgehead atoms. The van der Waals surface area contributed by atoms with Crippen LogP contribution in [0.15, 0.2) is 53.4 Å². The summed E-state index contributed by atoms with van der Waals surface area (Å²) in [4.78, 5) is 35.0. The summed E-state index contributed by atoms with van der Waals surface area (Å²) >= 11 is 0. The minimum atomic E-state index is -3.83. The summed E-state index contributed by atoms with van der Waals surface area (Å²) in [7, 11) is -2.41. The maximum absolute atomic E-state index is 12.3. The number of sulfonamides is 1. The van der Waals surface area contributed by atoms with Gasteiger partial charge in [-0.2, -0.15) is 0 Å². The number of hydrogen-bond donors (Lipinski definition) is 3. The molecular weight excluding hydrogens is 422 g/mol. The Morgan fingerprint density at radius 1 is 1.00 bits per heavy atom. The van der Waals surface area contributed by atoms with E-state index >= 15 is 0 Å². The van der Waals surface area contributed by atoms with Crippen LogP contribution < -0.4 is 15.4 Å². The molecule has 0 saturated carbocycles. The van der Waals surface area contributed by atoms with Gasteiger partial charge in [0.05, 0.1) is 4.90 Å². The first-order chi connectivity index (χ1) is 14.7. The van der Waals surface area contributed by atoms with Crippen LogP contribution >= 0.6 is 0 Å². The first-order valence-corrected chi connectivity index (χ1v) is 10.9. The molecule has 0 aliphatic rings. The van der Waals surface area contributed by atoms with Crippen LogP contribution in [0.1, 0.15) is 29.3 Å². The predicted molar refractivity (Wildman–Crippen MR) is 115 cm³/mol. The molecule has 31 heavy (non-hydrogen) atoms. The normalized spacial score (nSPS) is 11.0. The van der Waals surface area contributed by atoms with E-state index in [4.69, 9.17) is 4.74 Å². The Bertz CT molecular complexity index is 1050. The lowest BCUT2D eigenvalue weighted by molar-refractivity contribution is -0.121. The van der Waals surface area contributed by atoms with E-state index in [-0.39, 0.29) is 48.6 Å². The van der Waals surface area contributed by atoms with Crippen LogP contribution in [0.3, 0.4) is 0 Å². The molecule has 0 atom stereocenters. The lowest BCUT2D eigenvalue weighted by Crippen LogP contribution is -2.30. The van der Waals surface area contributed by atoms with Crippen molar-refractivity contribution in [2.45, 2.75) is 24.8 Å². The summed E-state index contributed by atoms with van der Waals surface area (Å²) in [6.07, 6.45) is -0.0596. The van der Waals surface area contributed by atoms with Gasteiger partial charge >= 0.3 is 0 Å². The first kappa shape index (κ1) is 24.2. The Morgan fingerprint density at radius 2 is 1.74 bits per heavy atom. The van der Waals surface area contributed by atoms with Gasteiger partial charge in [-0.25, -0.2) is 13.1 Å². The Hall–Kier alpha value is -3.08. The largest absolute Gasteiger partial charge is 0.375 e. The quantitative estimate of drug-likeness (QED) is 0.447. The highest BCUT2D eigenvalue weighted by Crippen LogP contribution is 2.12. The van der Waals surface area contributed by atoms with Crippen LogP contribution in [0.2, 0.25) is 0 Å². The zero-order valence-corrected chi connectivity index (χ0v) is 18.1. The number of methoxy groups -OCH3 is 1. The topological polar surface area (TPSA) is 131 Å². The number of nitrogens with one attached hydrogen (secondary N) is 3. The van der Waals surface area contributed by atoms with Crippen molar-refractivity contribution in [3.05, 3.63) is 59.7 Å². The molecule has 10 heteroatoms. The summed E-state index contributed by atoms with van der Waals surface area (Å²) < 4.78 is 31.8. The number of ether oxygens (including phenoxy) is 1. The van der Waals surface area contributed by atoms with Crippen LogP contribution in [0, 0.1) is 0 Å². The van der Waals surface area contributed by atoms with Gasteiger partial charge in [-0.05, 0) is 36.8 Å². The van der Waals surface area contributed by atoms with Gasteiger partial charge in [0.15, 0.2) is 5.78 Å². The van der Waals surface area contributed by atoms with E-state index in [0.29, 0.717) is 11.3 Å². The molecule has 0 aromatic heterocycles. The van der Waals surface area contributed by atoms with Crippen LogP contribution in [-0.4, -0.2) is 46.3 Å². The number of carbonyl (C=O) groups excluding carboxylic acids is 3. The molecule has 0 unspecified atom stereocenters. The Kier molecular flexibility index (Phi) is 8.86. The standard InChI is InChI=1S/C21H25N3O6S/c1-15(25)17-6-4-8-19(12-17)31(28,29)23-10-9-20(26)22-13-16-5-3-7-18(11-16)24-21(27)14-30-2/h3-8,11-12,23H,9-10,13-14H2,1-2H3,(H,22,26)(H,24,27). The molecule has 0 heterocycles. The molecule has 0 aliphatic carbocycles. The minimum absolute atomic E-state index is 0.0343. The Morgan fingerprint density at radius 3 is 2.45 bits per heavy atom. The van der Waals surface area contributed by atoms with Crippen molar-refractivity contribution >= 4 is 33.3 Å². The van der Waals surface area contributed by atoms with E-state index in [9.17, 15) is 22.8 Å². The number of ketones is 1. The fraction of sp³-hybridized carbons (Fsp3) is 0.286. The zero-order chi connectivity index (χ0) is 22.9. The number of anilines is 1. The van der Waals surface area contributed by atoms with E-state index in [2.05, 4.69) is 15.4 Å². The van der Waals surface area contributed by atoms with Crippen molar-refractivity contribution in [2.24, 2.45) is 0 Å². The lowest BCUT2D eigenvalue weighted by Gasteiger charge is -2.10. The lowest BCUT2D eigenvalue weighted by atomic mass is 10.2. The van der Waals surface area contributed by atoms with E-state index in [1.54, 1.807) is 24.3 Å². The monoisotopic (exact) mass is 447 g/mol. The van der Waals surface area contributed by atoms with Crippen molar-refractivity contribution in [3.63, 3.8) is 0 Å². The molecule has 0 saturated heterocycles. The molecule has 166 valence electrons. The van der Waals surface area contributed by atoms with Crippen molar-refractivity contribution in [1.82, 2.24) is 10.0 Å². The SMILES string of the molecule is COCC(=O)Nc1cccc(CNC(=O)CCNS(=O)(=O)c2cccc(C(C)=O)c2)c1. The molecule has 3 N–H and O–H groups in total. The predicted octanol–water partition coefficient (Wildman–Crippen LogP) is 1.46. The molecule has 9 nitrogen and oxygen atoms in total. The smallest absolute Gasteiger partial charge is 0.250 e. The number of carbonyl (C=O) groups is 3. The second-order valence-corrected chi connectivity index (χ2v) is 8.46. The third kappa shape index (κ3) is 7.93. The van der Waals surface area contributed by atoms with Gasteiger partial charge in [0.2, 0.25) is 21.8 Å². The van der Waals surface area contributed by atoms with E-state index in [0.717, 1.165) is 5.56 Å². The maximum Gasteiger partial charge on any atom is 0.250 e. The zero-order valence-electron chi connectivity index (χ0n) is 17.3. The molecule has 0 spiro atoms. The third-order valence-electron chi connectivity index (χ3n) is 4.17. The van der Waals surface area contributed by atoms with Crippen molar-refractivity contribution in [1.29, 1.82) is 0 Å². The number of benzene rings is 2. The molecule has 0 radical (unpaired) electrons. The molecule has 2 rings (SSSR count). The highest BCUT2D eigenvalue weighted by Gasteiger charge is 2.15. The second kappa shape index (κ2) is 11.3. The van der Waals surface area contributed by atoms with Gasteiger partial charge in [0.1, 0.15) is 6.61 Å². The van der Waals surface area contributed by atoms with Gasteiger partial charge < -0.3 is 15.4 Å². The average Bonchev–Trinajstić information content (AvgIpc) is 2.72. The summed E-state index contributed by atoms with van der Waals surface area (Å²) in [5.74, 6) is -0.863. The van der Waals surface area contributed by atoms with Crippen LogP contribution in [-0.2, 0) is 30.9 Å². The second-order valence-electron chi connectivity index (χ2n) is 6.69. The van der Waals surface area contributed by atoms with Crippen molar-refractivity contribution in [3.8, 4) is 0 Å². The average molecular weight is 448 g/mol. The summed E-state index contributed by atoms with van der Waals surface area (Å²) in [6.45, 7) is 1.43. The van der Waals surface area contributed by atoms with E-state index in [1.165, 1.54) is 38.3 Å². The first-order valence-electron chi connectivity index (χ1n) is 9.46. The number of rotatable bonds is 11. The number of Topliss-reactive ketones (excluding diaryl/α,β-unsaturated/α-hetero) is 1. The molecule has 0 aliphatic heterocycles. The summed E-state index contributed by atoms with van der Waals surface area (Å²) in [5, 5.41) is 5.37. The summed E-state index contributed by atoms with van der Waals surface area (Å²) in [5.41, 5.74) is 1.64. The van der Waals surface area contributed by atoms with Crippen molar-refractivity contribution in [2.75, 3.05) is 25.6 Å². The van der Waals surface area contributed by atoms with Crippen LogP contribution in [0.25, 0.3) is 0 Å². The Labute approximate surface area is 181 Å².